The summed E-state index contributed by atoms with van der Waals surface area (Å²) in [4.78, 5) is 15.5. The van der Waals surface area contributed by atoms with Crippen molar-refractivity contribution in [3.05, 3.63) is 27.3 Å². The molecule has 3 rings (SSSR count). The maximum atomic E-state index is 12.5. The molecule has 1 aromatic carbocycles. The summed E-state index contributed by atoms with van der Waals surface area (Å²) in [5, 5.41) is 0.542. The van der Waals surface area contributed by atoms with Crippen LogP contribution >= 0.6 is 12.2 Å². The number of benzene rings is 1. The van der Waals surface area contributed by atoms with E-state index in [1.165, 1.54) is 0 Å². The van der Waals surface area contributed by atoms with Crippen molar-refractivity contribution >= 4 is 23.1 Å². The van der Waals surface area contributed by atoms with E-state index in [-0.39, 0.29) is 12.4 Å². The van der Waals surface area contributed by atoms with Crippen molar-refractivity contribution in [2.45, 2.75) is 13.0 Å². The second kappa shape index (κ2) is 5.26. The third-order valence-electron chi connectivity index (χ3n) is 3.21. The molecule has 2 heterocycles. The quantitative estimate of drug-likeness (QED) is 0.688. The Labute approximate surface area is 119 Å². The minimum absolute atomic E-state index is 0.127. The highest BCUT2D eigenvalue weighted by Gasteiger charge is 2.16. The van der Waals surface area contributed by atoms with Crippen molar-refractivity contribution in [3.63, 3.8) is 0 Å². The number of nitrogens with zero attached hydrogens (tertiary/aromatic N) is 1. The molecule has 0 spiro atoms. The van der Waals surface area contributed by atoms with Crippen LogP contribution in [0.5, 0.6) is 11.5 Å². The number of fused-ring (bicyclic) bond motifs is 2. The number of ether oxygens (including phenoxy) is 3. The molecule has 0 amide bonds. The van der Waals surface area contributed by atoms with Crippen molar-refractivity contribution in [1.29, 1.82) is 0 Å². The first kappa shape index (κ1) is 13.1. The van der Waals surface area contributed by atoms with Crippen LogP contribution in [0.25, 0.3) is 10.9 Å². The van der Waals surface area contributed by atoms with Gasteiger partial charge in [0.2, 0.25) is 6.79 Å². The van der Waals surface area contributed by atoms with Gasteiger partial charge >= 0.3 is 0 Å². The highest BCUT2D eigenvalue weighted by Crippen LogP contribution is 2.34. The fraction of sp³-hybridized carbons (Fsp3) is 0.385. The first-order valence-corrected chi connectivity index (χ1v) is 6.67. The Morgan fingerprint density at radius 1 is 1.40 bits per heavy atom. The van der Waals surface area contributed by atoms with E-state index in [0.717, 1.165) is 6.42 Å². The predicted molar refractivity (Wildman–Crippen MR) is 76.0 cm³/mol. The Balaban J connectivity index is 2.11. The summed E-state index contributed by atoms with van der Waals surface area (Å²) in [7, 11) is 1.63. The van der Waals surface area contributed by atoms with Crippen LogP contribution in [0, 0.1) is 4.77 Å². The van der Waals surface area contributed by atoms with E-state index < -0.39 is 0 Å². The van der Waals surface area contributed by atoms with Crippen LogP contribution < -0.4 is 15.0 Å². The third-order valence-corrected chi connectivity index (χ3v) is 3.53. The first-order chi connectivity index (χ1) is 9.70. The number of nitrogens with one attached hydrogen (secondary N) is 1. The van der Waals surface area contributed by atoms with E-state index >= 15 is 0 Å². The van der Waals surface area contributed by atoms with Gasteiger partial charge in [0, 0.05) is 26.3 Å². The number of hydrogen-bond acceptors (Lipinski definition) is 5. The lowest BCUT2D eigenvalue weighted by Crippen LogP contribution is -2.22. The van der Waals surface area contributed by atoms with Crippen molar-refractivity contribution in [2.75, 3.05) is 20.5 Å². The largest absolute Gasteiger partial charge is 0.454 e. The average molecular weight is 294 g/mol. The van der Waals surface area contributed by atoms with Crippen LogP contribution in [0.2, 0.25) is 0 Å². The van der Waals surface area contributed by atoms with E-state index in [4.69, 9.17) is 26.4 Å². The molecule has 0 unspecified atom stereocenters. The zero-order valence-corrected chi connectivity index (χ0v) is 11.8. The van der Waals surface area contributed by atoms with Gasteiger partial charge < -0.3 is 19.2 Å². The van der Waals surface area contributed by atoms with Gasteiger partial charge in [0.15, 0.2) is 16.3 Å². The number of H-pyrrole nitrogens is 1. The summed E-state index contributed by atoms with van der Waals surface area (Å²) in [5.74, 6) is 1.21. The molecule has 0 saturated heterocycles. The van der Waals surface area contributed by atoms with Gasteiger partial charge in [0.05, 0.1) is 10.9 Å². The topological polar surface area (TPSA) is 65.5 Å². The minimum Gasteiger partial charge on any atom is -0.454 e. The molecular formula is C13H14N2O4S. The Bertz CT molecular complexity index is 765. The van der Waals surface area contributed by atoms with Gasteiger partial charge in [0.1, 0.15) is 0 Å². The van der Waals surface area contributed by atoms with Gasteiger partial charge in [0.25, 0.3) is 5.56 Å². The van der Waals surface area contributed by atoms with Crippen LogP contribution in [0.15, 0.2) is 16.9 Å². The number of rotatable bonds is 4. The smallest absolute Gasteiger partial charge is 0.262 e. The van der Waals surface area contributed by atoms with E-state index in [2.05, 4.69) is 4.98 Å². The molecule has 0 aliphatic carbocycles. The fourth-order valence-electron chi connectivity index (χ4n) is 2.21. The molecule has 20 heavy (non-hydrogen) atoms. The molecule has 2 aromatic rings. The standard InChI is InChI=1S/C13H14N2O4S/c1-17-4-2-3-15-12(16)8-5-10-11(19-7-18-10)6-9(8)14-13(15)20/h5-6H,2-4,7H2,1H3,(H,14,20). The Morgan fingerprint density at radius 2 is 2.15 bits per heavy atom. The summed E-state index contributed by atoms with van der Waals surface area (Å²) >= 11 is 5.24. The van der Waals surface area contributed by atoms with Gasteiger partial charge in [-0.3, -0.25) is 9.36 Å². The average Bonchev–Trinajstić information content (AvgIpc) is 2.88. The lowest BCUT2D eigenvalue weighted by molar-refractivity contribution is 0.174. The monoisotopic (exact) mass is 294 g/mol. The summed E-state index contributed by atoms with van der Waals surface area (Å²) in [6, 6.07) is 3.44. The summed E-state index contributed by atoms with van der Waals surface area (Å²) in [5.41, 5.74) is 0.533. The van der Waals surface area contributed by atoms with E-state index in [1.54, 1.807) is 23.8 Å². The molecule has 0 bridgehead atoms. The van der Waals surface area contributed by atoms with Gasteiger partial charge in [-0.25, -0.2) is 0 Å². The highest BCUT2D eigenvalue weighted by molar-refractivity contribution is 7.71. The van der Waals surface area contributed by atoms with Crippen LogP contribution in [0.4, 0.5) is 0 Å². The number of aromatic amines is 1. The molecule has 0 atom stereocenters. The van der Waals surface area contributed by atoms with Crippen LogP contribution in [-0.2, 0) is 11.3 Å². The maximum Gasteiger partial charge on any atom is 0.262 e. The lowest BCUT2D eigenvalue weighted by atomic mass is 10.2. The molecule has 0 saturated carbocycles. The second-order valence-corrected chi connectivity index (χ2v) is 4.87. The van der Waals surface area contributed by atoms with Crippen molar-refractivity contribution < 1.29 is 14.2 Å². The molecule has 7 heteroatoms. The van der Waals surface area contributed by atoms with E-state index in [0.29, 0.717) is 40.3 Å². The number of aromatic nitrogens is 2. The van der Waals surface area contributed by atoms with Gasteiger partial charge in [-0.2, -0.15) is 0 Å². The minimum atomic E-state index is -0.127. The summed E-state index contributed by atoms with van der Waals surface area (Å²) < 4.78 is 17.5. The van der Waals surface area contributed by atoms with Crippen molar-refractivity contribution in [2.24, 2.45) is 0 Å². The highest BCUT2D eigenvalue weighted by atomic mass is 32.1. The molecule has 1 aliphatic rings. The maximum absolute atomic E-state index is 12.5. The van der Waals surface area contributed by atoms with Gasteiger partial charge in [-0.05, 0) is 24.7 Å². The molecule has 0 radical (unpaired) electrons. The zero-order valence-electron chi connectivity index (χ0n) is 11.0. The molecule has 0 fully saturated rings. The Morgan fingerprint density at radius 3 is 2.90 bits per heavy atom. The van der Waals surface area contributed by atoms with Gasteiger partial charge in [-0.1, -0.05) is 0 Å². The van der Waals surface area contributed by atoms with Gasteiger partial charge in [-0.15, -0.1) is 0 Å². The van der Waals surface area contributed by atoms with Crippen LogP contribution in [0.3, 0.4) is 0 Å². The molecule has 1 aromatic heterocycles. The van der Waals surface area contributed by atoms with Crippen LogP contribution in [0.1, 0.15) is 6.42 Å². The van der Waals surface area contributed by atoms with E-state index in [1.807, 2.05) is 0 Å². The van der Waals surface area contributed by atoms with Crippen LogP contribution in [-0.4, -0.2) is 30.1 Å². The molecule has 1 aliphatic heterocycles. The fourth-order valence-corrected chi connectivity index (χ4v) is 2.50. The third kappa shape index (κ3) is 2.19. The molecule has 1 N–H and O–H groups in total. The van der Waals surface area contributed by atoms with E-state index in [9.17, 15) is 4.79 Å². The molecule has 106 valence electrons. The summed E-state index contributed by atoms with van der Waals surface area (Å²) in [6.45, 7) is 1.28. The summed E-state index contributed by atoms with van der Waals surface area (Å²) in [6.07, 6.45) is 0.726. The molecular weight excluding hydrogens is 280 g/mol. The lowest BCUT2D eigenvalue weighted by Gasteiger charge is -2.08. The molecule has 6 nitrogen and oxygen atoms in total. The van der Waals surface area contributed by atoms with Crippen molar-refractivity contribution in [3.8, 4) is 11.5 Å². The zero-order chi connectivity index (χ0) is 14.1. The Kier molecular flexibility index (Phi) is 3.45. The normalized spacial score (nSPS) is 13.1. The second-order valence-electron chi connectivity index (χ2n) is 4.48. The number of hydrogen-bond donors (Lipinski definition) is 1. The SMILES string of the molecule is COCCCn1c(=S)[nH]c2cc3c(cc2c1=O)OCO3. The predicted octanol–water partition coefficient (Wildman–Crippen LogP) is 1.82. The first-order valence-electron chi connectivity index (χ1n) is 6.26. The number of methoxy groups -OCH3 is 1. The Hall–Kier alpha value is -1.86. The van der Waals surface area contributed by atoms with Crippen molar-refractivity contribution in [1.82, 2.24) is 9.55 Å².